The molecule has 1 aromatic heterocycles. The lowest BCUT2D eigenvalue weighted by Crippen LogP contribution is -2.36. The third kappa shape index (κ3) is 3.13. The van der Waals surface area contributed by atoms with Crippen LogP contribution in [0.25, 0.3) is 0 Å². The number of para-hydroxylation sites is 2. The molecular formula is C20H17FN4O. The summed E-state index contributed by atoms with van der Waals surface area (Å²) in [4.78, 5) is 23.1. The van der Waals surface area contributed by atoms with Crippen LogP contribution in [0.1, 0.15) is 22.5 Å². The molecule has 1 aliphatic rings. The summed E-state index contributed by atoms with van der Waals surface area (Å²) in [6.07, 6.45) is 3.37. The highest BCUT2D eigenvalue weighted by atomic mass is 19.1. The van der Waals surface area contributed by atoms with E-state index >= 15 is 0 Å². The molecule has 1 N–H and O–H groups in total. The molecular weight excluding hydrogens is 331 g/mol. The zero-order chi connectivity index (χ0) is 17.9. The Labute approximate surface area is 150 Å². The smallest absolute Gasteiger partial charge is 0.277 e. The second-order valence-corrected chi connectivity index (χ2v) is 6.06. The molecule has 0 atom stereocenters. The van der Waals surface area contributed by atoms with Crippen LogP contribution in [0.5, 0.6) is 0 Å². The topological polar surface area (TPSA) is 58.1 Å². The van der Waals surface area contributed by atoms with Gasteiger partial charge in [-0.15, -0.1) is 0 Å². The Bertz CT molecular complexity index is 960. The Morgan fingerprint density at radius 2 is 1.88 bits per heavy atom. The second kappa shape index (κ2) is 6.92. The molecule has 0 saturated carbocycles. The van der Waals surface area contributed by atoms with Crippen LogP contribution in [0.2, 0.25) is 0 Å². The minimum atomic E-state index is -0.405. The number of aryl methyl sites for hydroxylation is 1. The quantitative estimate of drug-likeness (QED) is 0.779. The average Bonchev–Trinajstić information content (AvgIpc) is 2.69. The first-order valence-corrected chi connectivity index (χ1v) is 8.47. The lowest BCUT2D eigenvalue weighted by atomic mass is 10.0. The highest BCUT2D eigenvalue weighted by molar-refractivity contribution is 6.05. The van der Waals surface area contributed by atoms with Crippen LogP contribution in [-0.2, 0) is 6.42 Å². The average molecular weight is 348 g/mol. The Morgan fingerprint density at radius 1 is 1.08 bits per heavy atom. The molecule has 0 saturated heterocycles. The number of hydrogen-bond donors (Lipinski definition) is 1. The van der Waals surface area contributed by atoms with Crippen LogP contribution >= 0.6 is 0 Å². The Morgan fingerprint density at radius 3 is 2.77 bits per heavy atom. The summed E-state index contributed by atoms with van der Waals surface area (Å²) in [5, 5.41) is 2.82. The lowest BCUT2D eigenvalue weighted by Gasteiger charge is -2.29. The molecule has 1 amide bonds. The number of halogens is 1. The molecule has 0 spiro atoms. The Balaban J connectivity index is 1.61. The zero-order valence-electron chi connectivity index (χ0n) is 14.0. The number of hydrogen-bond acceptors (Lipinski definition) is 4. The third-order valence-electron chi connectivity index (χ3n) is 4.35. The molecule has 0 unspecified atom stereocenters. The normalized spacial score (nSPS) is 13.2. The number of fused-ring (bicyclic) bond motifs is 1. The molecule has 0 aliphatic carbocycles. The van der Waals surface area contributed by atoms with E-state index in [4.69, 9.17) is 0 Å². The van der Waals surface area contributed by atoms with Crippen LogP contribution in [0.4, 0.5) is 21.7 Å². The largest absolute Gasteiger partial charge is 0.322 e. The van der Waals surface area contributed by atoms with E-state index in [1.165, 1.54) is 12.3 Å². The van der Waals surface area contributed by atoms with Crippen molar-refractivity contribution in [1.82, 2.24) is 9.97 Å². The van der Waals surface area contributed by atoms with Gasteiger partial charge in [0.05, 0.1) is 5.69 Å². The standard InChI is InChI=1S/C20H17FN4O/c21-15-8-2-3-9-16(15)23-20-22-12-11-17(24-20)19(26)25-13-5-7-14-6-1-4-10-18(14)25/h1-4,6,8-12H,5,7,13H2,(H,22,23,24). The number of benzene rings is 2. The molecule has 2 heterocycles. The monoisotopic (exact) mass is 348 g/mol. The van der Waals surface area contributed by atoms with Crippen molar-refractivity contribution in [2.75, 3.05) is 16.8 Å². The molecule has 6 heteroatoms. The molecule has 4 rings (SSSR count). The van der Waals surface area contributed by atoms with Crippen molar-refractivity contribution in [3.05, 3.63) is 77.9 Å². The van der Waals surface area contributed by atoms with Gasteiger partial charge in [0.25, 0.3) is 5.91 Å². The first-order valence-electron chi connectivity index (χ1n) is 8.47. The first kappa shape index (κ1) is 16.2. The van der Waals surface area contributed by atoms with Crippen molar-refractivity contribution in [2.24, 2.45) is 0 Å². The Kier molecular flexibility index (Phi) is 4.31. The number of carbonyl (C=O) groups excluding carboxylic acids is 1. The summed E-state index contributed by atoms with van der Waals surface area (Å²) < 4.78 is 13.8. The Hall–Kier alpha value is -3.28. The van der Waals surface area contributed by atoms with Gasteiger partial charge in [0.2, 0.25) is 5.95 Å². The molecule has 26 heavy (non-hydrogen) atoms. The van der Waals surface area contributed by atoms with Crippen molar-refractivity contribution in [2.45, 2.75) is 12.8 Å². The van der Waals surface area contributed by atoms with Crippen LogP contribution < -0.4 is 10.2 Å². The first-order chi connectivity index (χ1) is 12.7. The van der Waals surface area contributed by atoms with Crippen LogP contribution in [0, 0.1) is 5.82 Å². The molecule has 5 nitrogen and oxygen atoms in total. The molecule has 0 radical (unpaired) electrons. The fourth-order valence-corrected chi connectivity index (χ4v) is 3.10. The number of nitrogens with zero attached hydrogens (tertiary/aromatic N) is 3. The maximum absolute atomic E-state index is 13.8. The molecule has 1 aliphatic heterocycles. The number of amides is 1. The number of aromatic nitrogens is 2. The van der Waals surface area contributed by atoms with E-state index in [0.29, 0.717) is 6.54 Å². The molecule has 0 fully saturated rings. The maximum atomic E-state index is 13.8. The fraction of sp³-hybridized carbons (Fsp3) is 0.150. The van der Waals surface area contributed by atoms with Crippen LogP contribution in [-0.4, -0.2) is 22.4 Å². The number of nitrogens with one attached hydrogen (secondary N) is 1. The van der Waals surface area contributed by atoms with Crippen LogP contribution in [0.3, 0.4) is 0 Å². The van der Waals surface area contributed by atoms with E-state index in [1.807, 2.05) is 24.3 Å². The van der Waals surface area contributed by atoms with Crippen molar-refractivity contribution in [3.8, 4) is 0 Å². The molecule has 130 valence electrons. The van der Waals surface area contributed by atoms with Gasteiger partial charge in [-0.25, -0.2) is 14.4 Å². The number of carbonyl (C=O) groups is 1. The lowest BCUT2D eigenvalue weighted by molar-refractivity contribution is 0.0980. The van der Waals surface area contributed by atoms with Gasteiger partial charge in [-0.1, -0.05) is 30.3 Å². The van der Waals surface area contributed by atoms with E-state index < -0.39 is 5.82 Å². The SMILES string of the molecule is O=C(c1ccnc(Nc2ccccc2F)n1)N1CCCc2ccccc21. The van der Waals surface area contributed by atoms with Gasteiger partial charge in [0.1, 0.15) is 11.5 Å². The van der Waals surface area contributed by atoms with Gasteiger partial charge >= 0.3 is 0 Å². The van der Waals surface area contributed by atoms with Gasteiger partial charge in [-0.2, -0.15) is 0 Å². The van der Waals surface area contributed by atoms with Gasteiger partial charge in [0.15, 0.2) is 0 Å². The van der Waals surface area contributed by atoms with E-state index in [2.05, 4.69) is 15.3 Å². The summed E-state index contributed by atoms with van der Waals surface area (Å²) >= 11 is 0. The van der Waals surface area contributed by atoms with Gasteiger partial charge < -0.3 is 10.2 Å². The highest BCUT2D eigenvalue weighted by Gasteiger charge is 2.24. The summed E-state index contributed by atoms with van der Waals surface area (Å²) in [7, 11) is 0. The summed E-state index contributed by atoms with van der Waals surface area (Å²) in [5.41, 5.74) is 2.62. The number of rotatable bonds is 3. The van der Waals surface area contributed by atoms with Crippen molar-refractivity contribution in [3.63, 3.8) is 0 Å². The van der Waals surface area contributed by atoms with Crippen molar-refractivity contribution >= 4 is 23.2 Å². The summed E-state index contributed by atoms with van der Waals surface area (Å²) in [6, 6.07) is 15.7. The second-order valence-electron chi connectivity index (χ2n) is 6.06. The predicted octanol–water partition coefficient (Wildman–Crippen LogP) is 3.95. The van der Waals surface area contributed by atoms with E-state index in [9.17, 15) is 9.18 Å². The molecule has 3 aromatic rings. The minimum Gasteiger partial charge on any atom is -0.322 e. The summed E-state index contributed by atoms with van der Waals surface area (Å²) in [5.74, 6) is -0.403. The van der Waals surface area contributed by atoms with E-state index in [0.717, 1.165) is 24.1 Å². The zero-order valence-corrected chi connectivity index (χ0v) is 14.0. The third-order valence-corrected chi connectivity index (χ3v) is 4.35. The van der Waals surface area contributed by atoms with Crippen LogP contribution in [0.15, 0.2) is 60.8 Å². The molecule has 0 bridgehead atoms. The number of anilines is 3. The van der Waals surface area contributed by atoms with E-state index in [1.54, 1.807) is 29.2 Å². The fourth-order valence-electron chi connectivity index (χ4n) is 3.10. The van der Waals surface area contributed by atoms with Crippen molar-refractivity contribution < 1.29 is 9.18 Å². The maximum Gasteiger partial charge on any atom is 0.277 e. The van der Waals surface area contributed by atoms with Crippen molar-refractivity contribution in [1.29, 1.82) is 0 Å². The van der Waals surface area contributed by atoms with Gasteiger partial charge in [-0.3, -0.25) is 4.79 Å². The summed E-state index contributed by atoms with van der Waals surface area (Å²) in [6.45, 7) is 0.649. The van der Waals surface area contributed by atoms with Gasteiger partial charge in [-0.05, 0) is 42.7 Å². The van der Waals surface area contributed by atoms with E-state index in [-0.39, 0.29) is 23.2 Å². The highest BCUT2D eigenvalue weighted by Crippen LogP contribution is 2.28. The predicted molar refractivity (Wildman–Crippen MR) is 98.2 cm³/mol. The van der Waals surface area contributed by atoms with Gasteiger partial charge in [0, 0.05) is 18.4 Å². The minimum absolute atomic E-state index is 0.184. The molecule has 2 aromatic carbocycles.